The third-order valence-corrected chi connectivity index (χ3v) is 5.11. The van der Waals surface area contributed by atoms with Crippen molar-refractivity contribution in [2.45, 2.75) is 12.5 Å². The first-order chi connectivity index (χ1) is 10.3. The average Bonchev–Trinajstić information content (AvgIpc) is 2.78. The highest BCUT2D eigenvalue weighted by molar-refractivity contribution is 7.91. The van der Waals surface area contributed by atoms with Crippen molar-refractivity contribution in [1.29, 1.82) is 0 Å². The van der Waals surface area contributed by atoms with Gasteiger partial charge in [0.25, 0.3) is 5.91 Å². The van der Waals surface area contributed by atoms with Crippen LogP contribution in [0.25, 0.3) is 0 Å². The minimum Gasteiger partial charge on any atom is -0.507 e. The summed E-state index contributed by atoms with van der Waals surface area (Å²) in [4.78, 5) is 23.4. The van der Waals surface area contributed by atoms with Gasteiger partial charge in [0.05, 0.1) is 11.5 Å². The summed E-state index contributed by atoms with van der Waals surface area (Å²) in [7, 11) is -3.10. The highest BCUT2D eigenvalue weighted by Crippen LogP contribution is 2.22. The van der Waals surface area contributed by atoms with E-state index < -0.39 is 34.4 Å². The zero-order valence-electron chi connectivity index (χ0n) is 11.4. The van der Waals surface area contributed by atoms with Gasteiger partial charge in [-0.3, -0.25) is 4.79 Å². The molecule has 1 aromatic rings. The van der Waals surface area contributed by atoms with Gasteiger partial charge in [0.2, 0.25) is 0 Å². The Morgan fingerprint density at radius 2 is 2.14 bits per heavy atom. The Morgan fingerprint density at radius 1 is 1.41 bits per heavy atom. The van der Waals surface area contributed by atoms with Crippen LogP contribution in [0.15, 0.2) is 18.2 Å². The molecule has 22 heavy (non-hydrogen) atoms. The molecule has 1 aromatic carbocycles. The first-order valence-corrected chi connectivity index (χ1v) is 8.62. The number of aromatic hydroxyl groups is 1. The van der Waals surface area contributed by atoms with E-state index in [1.54, 1.807) is 0 Å². The highest BCUT2D eigenvalue weighted by Gasteiger charge is 2.29. The largest absolute Gasteiger partial charge is 0.507 e. The van der Waals surface area contributed by atoms with Gasteiger partial charge in [-0.25, -0.2) is 13.2 Å². The quantitative estimate of drug-likeness (QED) is 0.768. The van der Waals surface area contributed by atoms with E-state index in [1.807, 2.05) is 0 Å². The average molecular weight is 348 g/mol. The number of nitrogens with one attached hydrogen (secondary N) is 1. The van der Waals surface area contributed by atoms with Crippen molar-refractivity contribution in [3.8, 4) is 5.75 Å². The molecule has 0 radical (unpaired) electrons. The first-order valence-electron chi connectivity index (χ1n) is 6.42. The Labute approximate surface area is 132 Å². The molecule has 0 spiro atoms. The lowest BCUT2D eigenvalue weighted by Gasteiger charge is -2.11. The maximum atomic E-state index is 11.7. The monoisotopic (exact) mass is 347 g/mol. The fourth-order valence-electron chi connectivity index (χ4n) is 2.06. The van der Waals surface area contributed by atoms with Crippen LogP contribution in [0.5, 0.6) is 5.75 Å². The van der Waals surface area contributed by atoms with Crippen LogP contribution in [0.2, 0.25) is 5.02 Å². The molecule has 0 aliphatic carbocycles. The molecular weight excluding hydrogens is 334 g/mol. The van der Waals surface area contributed by atoms with Crippen molar-refractivity contribution in [3.63, 3.8) is 0 Å². The fourth-order valence-corrected chi connectivity index (χ4v) is 3.90. The SMILES string of the molecule is O=C(COC(=O)c1cc(Cl)ccc1O)N[C@@H]1CCS(=O)(=O)C1. The van der Waals surface area contributed by atoms with Crippen LogP contribution in [0.3, 0.4) is 0 Å². The Balaban J connectivity index is 1.86. The lowest BCUT2D eigenvalue weighted by Crippen LogP contribution is -2.38. The number of carbonyl (C=O) groups excluding carboxylic acids is 2. The van der Waals surface area contributed by atoms with E-state index >= 15 is 0 Å². The van der Waals surface area contributed by atoms with Crippen molar-refractivity contribution >= 4 is 33.3 Å². The van der Waals surface area contributed by atoms with Gasteiger partial charge < -0.3 is 15.2 Å². The molecule has 0 aromatic heterocycles. The maximum Gasteiger partial charge on any atom is 0.342 e. The van der Waals surface area contributed by atoms with Crippen LogP contribution in [0.1, 0.15) is 16.8 Å². The molecule has 1 amide bonds. The number of halogens is 1. The van der Waals surface area contributed by atoms with E-state index in [2.05, 4.69) is 5.32 Å². The predicted octanol–water partition coefficient (Wildman–Crippen LogP) is 0.506. The number of phenolic OH excluding ortho intramolecular Hbond substituents is 1. The van der Waals surface area contributed by atoms with Gasteiger partial charge in [0.1, 0.15) is 11.3 Å². The van der Waals surface area contributed by atoms with Gasteiger partial charge >= 0.3 is 5.97 Å². The molecule has 7 nitrogen and oxygen atoms in total. The number of esters is 1. The highest BCUT2D eigenvalue weighted by atomic mass is 35.5. The second-order valence-corrected chi connectivity index (χ2v) is 7.57. The number of rotatable bonds is 4. The van der Waals surface area contributed by atoms with E-state index in [-0.39, 0.29) is 27.8 Å². The smallest absolute Gasteiger partial charge is 0.342 e. The fraction of sp³-hybridized carbons (Fsp3) is 0.385. The molecule has 1 fully saturated rings. The Morgan fingerprint density at radius 3 is 2.77 bits per heavy atom. The molecule has 0 bridgehead atoms. The van der Waals surface area contributed by atoms with Crippen LogP contribution in [0, 0.1) is 0 Å². The number of carbonyl (C=O) groups is 2. The summed E-state index contributed by atoms with van der Waals surface area (Å²) in [6, 6.07) is 3.40. The summed E-state index contributed by atoms with van der Waals surface area (Å²) >= 11 is 5.71. The second kappa shape index (κ2) is 6.53. The molecule has 0 unspecified atom stereocenters. The van der Waals surface area contributed by atoms with Crippen molar-refractivity contribution in [2.24, 2.45) is 0 Å². The standard InChI is InChI=1S/C13H14ClNO6S/c14-8-1-2-11(16)10(5-8)13(18)21-6-12(17)15-9-3-4-22(19,20)7-9/h1-2,5,9,16H,3-4,6-7H2,(H,15,17)/t9-/m1/s1. The van der Waals surface area contributed by atoms with Gasteiger partial charge in [-0.2, -0.15) is 0 Å². The third kappa shape index (κ3) is 4.35. The molecule has 1 saturated heterocycles. The van der Waals surface area contributed by atoms with Crippen LogP contribution >= 0.6 is 11.6 Å². The number of hydrogen-bond acceptors (Lipinski definition) is 6. The Bertz CT molecular complexity index is 702. The van der Waals surface area contributed by atoms with Crippen molar-refractivity contribution in [3.05, 3.63) is 28.8 Å². The van der Waals surface area contributed by atoms with Crippen LogP contribution in [-0.2, 0) is 19.4 Å². The second-order valence-electron chi connectivity index (χ2n) is 4.91. The predicted molar refractivity (Wildman–Crippen MR) is 78.6 cm³/mol. The van der Waals surface area contributed by atoms with E-state index in [1.165, 1.54) is 18.2 Å². The van der Waals surface area contributed by atoms with Crippen molar-refractivity contribution < 1.29 is 27.9 Å². The lowest BCUT2D eigenvalue weighted by molar-refractivity contribution is -0.124. The summed E-state index contributed by atoms with van der Waals surface area (Å²) in [5.74, 6) is -1.88. The molecule has 1 atom stereocenters. The zero-order valence-corrected chi connectivity index (χ0v) is 13.0. The van der Waals surface area contributed by atoms with Gasteiger partial charge in [-0.05, 0) is 24.6 Å². The summed E-state index contributed by atoms with van der Waals surface area (Å²) in [6.07, 6.45) is 0.344. The maximum absolute atomic E-state index is 11.7. The summed E-state index contributed by atoms with van der Waals surface area (Å²) in [5, 5.41) is 12.3. The van der Waals surface area contributed by atoms with Gasteiger partial charge in [0, 0.05) is 11.1 Å². The topological polar surface area (TPSA) is 110 Å². The summed E-state index contributed by atoms with van der Waals surface area (Å²) in [6.45, 7) is -0.568. The number of benzene rings is 1. The van der Waals surface area contributed by atoms with E-state index in [9.17, 15) is 23.1 Å². The van der Waals surface area contributed by atoms with Crippen LogP contribution < -0.4 is 5.32 Å². The minimum atomic E-state index is -3.10. The number of hydrogen-bond donors (Lipinski definition) is 2. The molecule has 9 heteroatoms. The third-order valence-electron chi connectivity index (χ3n) is 3.11. The first kappa shape index (κ1) is 16.6. The zero-order chi connectivity index (χ0) is 16.3. The molecule has 0 saturated carbocycles. The van der Waals surface area contributed by atoms with Crippen LogP contribution in [-0.4, -0.2) is 49.6 Å². The summed E-state index contributed by atoms with van der Waals surface area (Å²) < 4.78 is 27.3. The van der Waals surface area contributed by atoms with Crippen molar-refractivity contribution in [2.75, 3.05) is 18.1 Å². The summed E-state index contributed by atoms with van der Waals surface area (Å²) in [5.41, 5.74) is -0.149. The van der Waals surface area contributed by atoms with Gasteiger partial charge in [-0.1, -0.05) is 11.6 Å². The molecular formula is C13H14ClNO6S. The number of amides is 1. The molecule has 1 aliphatic heterocycles. The molecule has 1 heterocycles. The number of sulfone groups is 1. The Hall–Kier alpha value is -1.80. The van der Waals surface area contributed by atoms with Gasteiger partial charge in [0.15, 0.2) is 16.4 Å². The lowest BCUT2D eigenvalue weighted by atomic mass is 10.2. The van der Waals surface area contributed by atoms with Crippen LogP contribution in [0.4, 0.5) is 0 Å². The van der Waals surface area contributed by atoms with E-state index in [0.29, 0.717) is 6.42 Å². The Kier molecular flexibility index (Phi) is 4.92. The van der Waals surface area contributed by atoms with E-state index in [0.717, 1.165) is 0 Å². The number of phenols is 1. The number of ether oxygens (including phenoxy) is 1. The van der Waals surface area contributed by atoms with E-state index in [4.69, 9.17) is 16.3 Å². The normalized spacial score (nSPS) is 19.6. The van der Waals surface area contributed by atoms with Crippen molar-refractivity contribution in [1.82, 2.24) is 5.32 Å². The molecule has 2 N–H and O–H groups in total. The molecule has 2 rings (SSSR count). The molecule has 120 valence electrons. The molecule has 1 aliphatic rings. The minimum absolute atomic E-state index is 0.0358. The van der Waals surface area contributed by atoms with Gasteiger partial charge in [-0.15, -0.1) is 0 Å².